The molecule has 2 atom stereocenters. The summed E-state index contributed by atoms with van der Waals surface area (Å²) >= 11 is 1.32. The molecule has 1 amide bonds. The lowest BCUT2D eigenvalue weighted by Crippen LogP contribution is -2.44. The predicted molar refractivity (Wildman–Crippen MR) is 81.7 cm³/mol. The molecule has 0 fully saturated rings. The van der Waals surface area contributed by atoms with Crippen LogP contribution in [0.15, 0.2) is 6.07 Å². The fourth-order valence-corrected chi connectivity index (χ4v) is 3.24. The van der Waals surface area contributed by atoms with Crippen LogP contribution in [-0.4, -0.2) is 32.8 Å². The van der Waals surface area contributed by atoms with Crippen LogP contribution in [0.2, 0.25) is 0 Å². The summed E-state index contributed by atoms with van der Waals surface area (Å²) in [4.78, 5) is 25.0. The maximum Gasteiger partial charge on any atom is 0.326 e. The summed E-state index contributed by atoms with van der Waals surface area (Å²) < 4.78 is 1.73. The van der Waals surface area contributed by atoms with Crippen LogP contribution in [0.3, 0.4) is 0 Å². The van der Waals surface area contributed by atoms with Gasteiger partial charge in [0.1, 0.15) is 10.9 Å². The van der Waals surface area contributed by atoms with Crippen molar-refractivity contribution in [2.24, 2.45) is 13.0 Å². The number of carbonyl (C=O) groups is 2. The van der Waals surface area contributed by atoms with Gasteiger partial charge in [0.25, 0.3) is 5.91 Å². The number of nitrogens with one attached hydrogen (secondary N) is 1. The molecule has 7 heteroatoms. The van der Waals surface area contributed by atoms with Crippen LogP contribution in [0.25, 0.3) is 10.2 Å². The standard InChI is InChI=1S/C14H19N3O3S/c1-5-7(2)11(14(19)20)15-12(18)10-6-9-8(3)16-17(4)13(9)21-10/h6-7,11H,5H2,1-4H3,(H,15,18)(H,19,20)/t7?,11-/m0/s1. The fraction of sp³-hybridized carbons (Fsp3) is 0.500. The molecule has 1 unspecified atom stereocenters. The maximum absolute atomic E-state index is 12.3. The number of aromatic nitrogens is 2. The molecule has 2 N–H and O–H groups in total. The first-order valence-corrected chi connectivity index (χ1v) is 7.63. The zero-order valence-electron chi connectivity index (χ0n) is 12.5. The Hall–Kier alpha value is -1.89. The average molecular weight is 309 g/mol. The minimum atomic E-state index is -1.00. The third-order valence-corrected chi connectivity index (χ3v) is 4.89. The number of amides is 1. The Morgan fingerprint density at radius 1 is 1.52 bits per heavy atom. The van der Waals surface area contributed by atoms with Gasteiger partial charge in [0.2, 0.25) is 0 Å². The van der Waals surface area contributed by atoms with Crippen LogP contribution in [0, 0.1) is 12.8 Å². The van der Waals surface area contributed by atoms with Gasteiger partial charge in [-0.1, -0.05) is 20.3 Å². The summed E-state index contributed by atoms with van der Waals surface area (Å²) in [5.74, 6) is -1.47. The second-order valence-electron chi connectivity index (χ2n) is 5.21. The SMILES string of the molecule is CCC(C)[C@H](NC(=O)c1cc2c(C)nn(C)c2s1)C(=O)O. The van der Waals surface area contributed by atoms with Gasteiger partial charge >= 0.3 is 5.97 Å². The minimum Gasteiger partial charge on any atom is -0.480 e. The van der Waals surface area contributed by atoms with Crippen molar-refractivity contribution >= 4 is 33.4 Å². The van der Waals surface area contributed by atoms with Crippen LogP contribution < -0.4 is 5.32 Å². The summed E-state index contributed by atoms with van der Waals surface area (Å²) in [5, 5.41) is 17.1. The molecule has 0 saturated carbocycles. The number of aliphatic carboxylic acids is 1. The van der Waals surface area contributed by atoms with E-state index in [9.17, 15) is 14.7 Å². The van der Waals surface area contributed by atoms with E-state index in [4.69, 9.17) is 0 Å². The van der Waals surface area contributed by atoms with E-state index < -0.39 is 12.0 Å². The zero-order chi connectivity index (χ0) is 15.7. The molecule has 0 bridgehead atoms. The Morgan fingerprint density at radius 2 is 2.19 bits per heavy atom. The van der Waals surface area contributed by atoms with Gasteiger partial charge in [-0.05, 0) is 18.9 Å². The van der Waals surface area contributed by atoms with Gasteiger partial charge < -0.3 is 10.4 Å². The number of carboxylic acids is 1. The van der Waals surface area contributed by atoms with Gasteiger partial charge in [-0.2, -0.15) is 5.10 Å². The van der Waals surface area contributed by atoms with Crippen LogP contribution in [0.4, 0.5) is 0 Å². The fourth-order valence-electron chi connectivity index (χ4n) is 2.21. The van der Waals surface area contributed by atoms with E-state index in [1.165, 1.54) is 11.3 Å². The first-order valence-electron chi connectivity index (χ1n) is 6.82. The molecule has 6 nitrogen and oxygen atoms in total. The normalized spacial score (nSPS) is 14.1. The van der Waals surface area contributed by atoms with Crippen molar-refractivity contribution in [1.29, 1.82) is 0 Å². The number of carboxylic acid groups (broad SMARTS) is 1. The number of thiophene rings is 1. The van der Waals surface area contributed by atoms with E-state index in [0.717, 1.165) is 15.9 Å². The molecule has 0 aromatic carbocycles. The Labute approximate surface area is 126 Å². The molecule has 114 valence electrons. The highest BCUT2D eigenvalue weighted by Gasteiger charge is 2.26. The van der Waals surface area contributed by atoms with E-state index in [2.05, 4.69) is 10.4 Å². The number of hydrogen-bond donors (Lipinski definition) is 2. The molecular formula is C14H19N3O3S. The van der Waals surface area contributed by atoms with E-state index in [1.54, 1.807) is 10.7 Å². The number of hydrogen-bond acceptors (Lipinski definition) is 4. The number of rotatable bonds is 5. The van der Waals surface area contributed by atoms with Gasteiger partial charge in [0, 0.05) is 12.4 Å². The number of nitrogens with zero attached hydrogens (tertiary/aromatic N) is 2. The molecule has 0 radical (unpaired) electrons. The Bertz CT molecular complexity index is 654. The molecule has 0 spiro atoms. The monoisotopic (exact) mass is 309 g/mol. The Kier molecular flexibility index (Phi) is 4.32. The van der Waals surface area contributed by atoms with E-state index in [-0.39, 0.29) is 11.8 Å². The number of aryl methyl sites for hydroxylation is 2. The van der Waals surface area contributed by atoms with E-state index in [0.29, 0.717) is 11.3 Å². The highest BCUT2D eigenvalue weighted by atomic mass is 32.1. The largest absolute Gasteiger partial charge is 0.480 e. The summed E-state index contributed by atoms with van der Waals surface area (Å²) in [5.41, 5.74) is 0.861. The molecule has 0 aliphatic heterocycles. The van der Waals surface area contributed by atoms with Crippen molar-refractivity contribution in [2.45, 2.75) is 33.2 Å². The third kappa shape index (κ3) is 2.92. The quantitative estimate of drug-likeness (QED) is 0.886. The minimum absolute atomic E-state index is 0.121. The zero-order valence-corrected chi connectivity index (χ0v) is 13.3. The first kappa shape index (κ1) is 15.5. The highest BCUT2D eigenvalue weighted by molar-refractivity contribution is 7.20. The molecular weight excluding hydrogens is 290 g/mol. The van der Waals surface area contributed by atoms with Crippen LogP contribution in [0.5, 0.6) is 0 Å². The van der Waals surface area contributed by atoms with Gasteiger partial charge in [-0.15, -0.1) is 11.3 Å². The molecule has 0 saturated heterocycles. The second-order valence-corrected chi connectivity index (χ2v) is 6.24. The van der Waals surface area contributed by atoms with Crippen molar-refractivity contribution in [1.82, 2.24) is 15.1 Å². The molecule has 21 heavy (non-hydrogen) atoms. The molecule has 2 aromatic heterocycles. The maximum atomic E-state index is 12.3. The van der Waals surface area contributed by atoms with E-state index in [1.807, 2.05) is 27.8 Å². The van der Waals surface area contributed by atoms with E-state index >= 15 is 0 Å². The third-order valence-electron chi connectivity index (χ3n) is 3.69. The predicted octanol–water partition coefficient (Wildman–Crippen LogP) is 2.17. The van der Waals surface area contributed by atoms with Gasteiger partial charge in [0.15, 0.2) is 0 Å². The number of carbonyl (C=O) groups excluding carboxylic acids is 1. The van der Waals surface area contributed by atoms with Gasteiger partial charge in [-0.25, -0.2) is 4.79 Å². The summed E-state index contributed by atoms with van der Waals surface area (Å²) in [7, 11) is 1.83. The van der Waals surface area contributed by atoms with Crippen LogP contribution in [0.1, 0.15) is 35.6 Å². The van der Waals surface area contributed by atoms with Gasteiger partial charge in [-0.3, -0.25) is 9.48 Å². The highest BCUT2D eigenvalue weighted by Crippen LogP contribution is 2.27. The van der Waals surface area contributed by atoms with Crippen LogP contribution >= 0.6 is 11.3 Å². The lowest BCUT2D eigenvalue weighted by molar-refractivity contribution is -0.140. The van der Waals surface area contributed by atoms with Gasteiger partial charge in [0.05, 0.1) is 10.6 Å². The average Bonchev–Trinajstić information content (AvgIpc) is 2.97. The van der Waals surface area contributed by atoms with Crippen molar-refractivity contribution in [3.05, 3.63) is 16.6 Å². The molecule has 2 heterocycles. The number of fused-ring (bicyclic) bond motifs is 1. The lowest BCUT2D eigenvalue weighted by atomic mass is 9.99. The topological polar surface area (TPSA) is 84.2 Å². The molecule has 2 aromatic rings. The summed E-state index contributed by atoms with van der Waals surface area (Å²) in [6.45, 7) is 5.61. The summed E-state index contributed by atoms with van der Waals surface area (Å²) in [6, 6.07) is 0.902. The van der Waals surface area contributed by atoms with Crippen molar-refractivity contribution in [2.75, 3.05) is 0 Å². The lowest BCUT2D eigenvalue weighted by Gasteiger charge is -2.19. The summed E-state index contributed by atoms with van der Waals surface area (Å²) in [6.07, 6.45) is 0.687. The smallest absolute Gasteiger partial charge is 0.326 e. The Morgan fingerprint density at radius 3 is 2.71 bits per heavy atom. The van der Waals surface area contributed by atoms with Crippen molar-refractivity contribution < 1.29 is 14.7 Å². The van der Waals surface area contributed by atoms with Crippen molar-refractivity contribution in [3.8, 4) is 0 Å². The second kappa shape index (κ2) is 5.85. The first-order chi connectivity index (χ1) is 9.85. The Balaban J connectivity index is 2.25. The van der Waals surface area contributed by atoms with Crippen LogP contribution in [-0.2, 0) is 11.8 Å². The molecule has 0 aliphatic carbocycles. The molecule has 2 rings (SSSR count). The molecule has 0 aliphatic rings. The van der Waals surface area contributed by atoms with Crippen molar-refractivity contribution in [3.63, 3.8) is 0 Å².